The first-order valence-corrected chi connectivity index (χ1v) is 5.92. The molecule has 2 rings (SSSR count). The highest BCUT2D eigenvalue weighted by atomic mass is 19.1. The Morgan fingerprint density at radius 1 is 1.50 bits per heavy atom. The Balaban J connectivity index is 2.00. The Morgan fingerprint density at radius 2 is 2.33 bits per heavy atom. The molecular weight excluding hydrogens is 231 g/mol. The van der Waals surface area contributed by atoms with Crippen molar-refractivity contribution in [1.82, 2.24) is 0 Å². The molecule has 0 amide bonds. The lowest BCUT2D eigenvalue weighted by molar-refractivity contribution is -0.104. The SMILES string of the molecule is CC1C=C(C=O)C=C(OCc2cccc(F)c2)C1. The molecule has 0 saturated carbocycles. The molecule has 0 aromatic heterocycles. The molecule has 94 valence electrons. The molecule has 0 saturated heterocycles. The van der Waals surface area contributed by atoms with Crippen molar-refractivity contribution < 1.29 is 13.9 Å². The number of rotatable bonds is 4. The number of hydrogen-bond donors (Lipinski definition) is 0. The van der Waals surface area contributed by atoms with Gasteiger partial charge in [-0.2, -0.15) is 0 Å². The largest absolute Gasteiger partial charge is 0.493 e. The minimum Gasteiger partial charge on any atom is -0.493 e. The molecule has 0 bridgehead atoms. The molecule has 1 aromatic carbocycles. The smallest absolute Gasteiger partial charge is 0.149 e. The van der Waals surface area contributed by atoms with Crippen molar-refractivity contribution in [3.63, 3.8) is 0 Å². The second kappa shape index (κ2) is 5.63. The van der Waals surface area contributed by atoms with E-state index in [-0.39, 0.29) is 11.7 Å². The molecule has 0 heterocycles. The van der Waals surface area contributed by atoms with Gasteiger partial charge in [0, 0.05) is 12.0 Å². The van der Waals surface area contributed by atoms with Crippen molar-refractivity contribution >= 4 is 6.29 Å². The summed E-state index contributed by atoms with van der Waals surface area (Å²) in [6.45, 7) is 2.35. The van der Waals surface area contributed by atoms with Gasteiger partial charge in [0.05, 0.1) is 5.76 Å². The molecule has 1 aromatic rings. The molecule has 2 nitrogen and oxygen atoms in total. The molecule has 1 aliphatic carbocycles. The highest BCUT2D eigenvalue weighted by Crippen LogP contribution is 2.23. The van der Waals surface area contributed by atoms with Gasteiger partial charge >= 0.3 is 0 Å². The summed E-state index contributed by atoms with van der Waals surface area (Å²) in [5, 5.41) is 0. The van der Waals surface area contributed by atoms with Gasteiger partial charge in [-0.3, -0.25) is 4.79 Å². The van der Waals surface area contributed by atoms with Crippen LogP contribution in [-0.4, -0.2) is 6.29 Å². The van der Waals surface area contributed by atoms with Crippen LogP contribution in [0.15, 0.2) is 47.7 Å². The van der Waals surface area contributed by atoms with E-state index in [1.165, 1.54) is 12.1 Å². The van der Waals surface area contributed by atoms with Gasteiger partial charge in [0.25, 0.3) is 0 Å². The number of hydrogen-bond acceptors (Lipinski definition) is 2. The van der Waals surface area contributed by atoms with Crippen LogP contribution in [0.5, 0.6) is 0 Å². The number of ether oxygens (including phenoxy) is 1. The fourth-order valence-corrected chi connectivity index (χ4v) is 1.97. The molecular formula is C15H15FO2. The van der Waals surface area contributed by atoms with Gasteiger partial charge in [0.2, 0.25) is 0 Å². The molecule has 1 unspecified atom stereocenters. The average molecular weight is 246 g/mol. The fourth-order valence-electron chi connectivity index (χ4n) is 1.97. The van der Waals surface area contributed by atoms with Gasteiger partial charge in [0.1, 0.15) is 18.7 Å². The molecule has 0 aliphatic heterocycles. The van der Waals surface area contributed by atoms with Gasteiger partial charge in [-0.15, -0.1) is 0 Å². The van der Waals surface area contributed by atoms with Crippen molar-refractivity contribution in [1.29, 1.82) is 0 Å². The van der Waals surface area contributed by atoms with E-state index < -0.39 is 0 Å². The summed E-state index contributed by atoms with van der Waals surface area (Å²) >= 11 is 0. The maximum absolute atomic E-state index is 13.0. The fraction of sp³-hybridized carbons (Fsp3) is 0.267. The van der Waals surface area contributed by atoms with Crippen LogP contribution >= 0.6 is 0 Å². The third-order valence-electron chi connectivity index (χ3n) is 2.78. The standard InChI is InChI=1S/C15H15FO2/c1-11-5-13(9-17)8-15(6-11)18-10-12-3-2-4-14(16)7-12/h2-5,7-9,11H,6,10H2,1H3. The van der Waals surface area contributed by atoms with Gasteiger partial charge in [0.15, 0.2) is 0 Å². The van der Waals surface area contributed by atoms with Gasteiger partial charge in [-0.25, -0.2) is 4.39 Å². The summed E-state index contributed by atoms with van der Waals surface area (Å²) in [5.74, 6) is 0.796. The second-order valence-corrected chi connectivity index (χ2v) is 4.50. The third kappa shape index (κ3) is 3.29. The van der Waals surface area contributed by atoms with Crippen LogP contribution in [-0.2, 0) is 16.1 Å². The molecule has 18 heavy (non-hydrogen) atoms. The average Bonchev–Trinajstić information content (AvgIpc) is 2.36. The Labute approximate surface area is 106 Å². The zero-order chi connectivity index (χ0) is 13.0. The molecule has 1 atom stereocenters. The van der Waals surface area contributed by atoms with Crippen LogP contribution in [0.25, 0.3) is 0 Å². The van der Waals surface area contributed by atoms with Crippen LogP contribution in [0, 0.1) is 11.7 Å². The van der Waals surface area contributed by atoms with Crippen LogP contribution in [0.2, 0.25) is 0 Å². The number of carbonyl (C=O) groups excluding carboxylic acids is 1. The second-order valence-electron chi connectivity index (χ2n) is 4.50. The Hall–Kier alpha value is -1.90. The lowest BCUT2D eigenvalue weighted by Gasteiger charge is -2.17. The molecule has 0 N–H and O–H groups in total. The summed E-state index contributed by atoms with van der Waals surface area (Å²) in [5.41, 5.74) is 1.42. The van der Waals surface area contributed by atoms with E-state index in [0.29, 0.717) is 12.2 Å². The van der Waals surface area contributed by atoms with Crippen LogP contribution in [0.1, 0.15) is 18.9 Å². The number of allylic oxidation sites excluding steroid dienone is 4. The normalized spacial score (nSPS) is 18.9. The molecule has 0 spiro atoms. The molecule has 1 aliphatic rings. The van der Waals surface area contributed by atoms with E-state index in [1.54, 1.807) is 12.1 Å². The monoisotopic (exact) mass is 246 g/mol. The number of halogens is 1. The van der Waals surface area contributed by atoms with Crippen LogP contribution in [0.4, 0.5) is 4.39 Å². The maximum atomic E-state index is 13.0. The van der Waals surface area contributed by atoms with Crippen molar-refractivity contribution in [2.24, 2.45) is 5.92 Å². The van der Waals surface area contributed by atoms with E-state index in [4.69, 9.17) is 4.74 Å². The highest BCUT2D eigenvalue weighted by Gasteiger charge is 2.12. The zero-order valence-electron chi connectivity index (χ0n) is 10.2. The van der Waals surface area contributed by atoms with Crippen molar-refractivity contribution in [3.8, 4) is 0 Å². The first-order chi connectivity index (χ1) is 8.67. The van der Waals surface area contributed by atoms with Crippen molar-refractivity contribution in [2.45, 2.75) is 20.0 Å². The van der Waals surface area contributed by atoms with E-state index in [0.717, 1.165) is 24.0 Å². The summed E-state index contributed by atoms with van der Waals surface area (Å²) in [6.07, 6.45) is 5.25. The molecule has 0 fully saturated rings. The number of carbonyl (C=O) groups is 1. The number of benzene rings is 1. The van der Waals surface area contributed by atoms with Crippen molar-refractivity contribution in [3.05, 3.63) is 59.1 Å². The number of aldehydes is 1. The Kier molecular flexibility index (Phi) is 3.92. The Morgan fingerprint density at radius 3 is 3.06 bits per heavy atom. The lowest BCUT2D eigenvalue weighted by Crippen LogP contribution is -2.05. The highest BCUT2D eigenvalue weighted by molar-refractivity contribution is 5.78. The first kappa shape index (κ1) is 12.6. The van der Waals surface area contributed by atoms with Gasteiger partial charge in [-0.1, -0.05) is 25.1 Å². The maximum Gasteiger partial charge on any atom is 0.149 e. The summed E-state index contributed by atoms with van der Waals surface area (Å²) in [4.78, 5) is 10.8. The van der Waals surface area contributed by atoms with E-state index >= 15 is 0 Å². The Bertz CT molecular complexity index is 503. The van der Waals surface area contributed by atoms with Crippen molar-refractivity contribution in [2.75, 3.05) is 0 Å². The minimum atomic E-state index is -0.268. The van der Waals surface area contributed by atoms with E-state index in [2.05, 4.69) is 0 Å². The third-order valence-corrected chi connectivity index (χ3v) is 2.78. The minimum absolute atomic E-state index is 0.268. The molecule has 3 heteroatoms. The molecule has 0 radical (unpaired) electrons. The van der Waals surface area contributed by atoms with Crippen LogP contribution in [0.3, 0.4) is 0 Å². The summed E-state index contributed by atoms with van der Waals surface area (Å²) < 4.78 is 18.6. The van der Waals surface area contributed by atoms with Gasteiger partial charge < -0.3 is 4.74 Å². The van der Waals surface area contributed by atoms with Crippen LogP contribution < -0.4 is 0 Å². The van der Waals surface area contributed by atoms with Gasteiger partial charge in [-0.05, 0) is 29.7 Å². The predicted octanol–water partition coefficient (Wildman–Crippen LogP) is 3.39. The van der Waals surface area contributed by atoms with E-state index in [1.807, 2.05) is 19.1 Å². The first-order valence-electron chi connectivity index (χ1n) is 5.92. The topological polar surface area (TPSA) is 26.3 Å². The zero-order valence-corrected chi connectivity index (χ0v) is 10.2. The summed E-state index contributed by atoms with van der Waals surface area (Å²) in [6, 6.07) is 6.32. The van der Waals surface area contributed by atoms with E-state index in [9.17, 15) is 9.18 Å². The lowest BCUT2D eigenvalue weighted by atomic mass is 9.97. The summed E-state index contributed by atoms with van der Waals surface area (Å²) in [7, 11) is 0. The quantitative estimate of drug-likeness (QED) is 0.761. The predicted molar refractivity (Wildman–Crippen MR) is 67.2 cm³/mol.